The van der Waals surface area contributed by atoms with Crippen LogP contribution in [-0.2, 0) is 10.0 Å². The fourth-order valence-electron chi connectivity index (χ4n) is 4.82. The van der Waals surface area contributed by atoms with Crippen molar-refractivity contribution < 1.29 is 30.8 Å². The van der Waals surface area contributed by atoms with Crippen molar-refractivity contribution in [3.8, 4) is 33.9 Å². The van der Waals surface area contributed by atoms with Crippen molar-refractivity contribution in [2.45, 2.75) is 0 Å². The summed E-state index contributed by atoms with van der Waals surface area (Å²) in [6.07, 6.45) is 1.08. The third-order valence-electron chi connectivity index (χ3n) is 6.99. The van der Waals surface area contributed by atoms with E-state index in [1.165, 1.54) is 50.5 Å². The molecule has 2 heterocycles. The molecule has 1 amide bonds. The number of benzene rings is 4. The number of aromatic nitrogens is 1. The molecule has 2 aromatic heterocycles. The normalized spacial score (nSPS) is 11.7. The molecule has 0 saturated carbocycles. The molecule has 212 valence electrons. The predicted octanol–water partition coefficient (Wildman–Crippen LogP) is 6.61. The van der Waals surface area contributed by atoms with Crippen molar-refractivity contribution in [2.75, 3.05) is 24.7 Å². The van der Waals surface area contributed by atoms with Gasteiger partial charge in [-0.15, -0.1) is 0 Å². The summed E-state index contributed by atoms with van der Waals surface area (Å²) in [4.78, 5) is 17.5. The Labute approximate surface area is 239 Å². The Morgan fingerprint density at radius 2 is 1.62 bits per heavy atom. The van der Waals surface area contributed by atoms with Gasteiger partial charge in [-0.25, -0.2) is 22.2 Å². The number of carbonyl (C=O) groups is 1. The molecule has 0 unspecified atom stereocenters. The van der Waals surface area contributed by atoms with Crippen LogP contribution in [0.4, 0.5) is 14.5 Å². The smallest absolute Gasteiger partial charge is 0.255 e. The molecule has 8 nitrogen and oxygen atoms in total. The van der Waals surface area contributed by atoms with Gasteiger partial charge >= 0.3 is 0 Å². The number of furan rings is 1. The molecule has 4 aromatic carbocycles. The molecule has 0 fully saturated rings. The van der Waals surface area contributed by atoms with Crippen LogP contribution in [0.2, 0.25) is 0 Å². The van der Waals surface area contributed by atoms with Gasteiger partial charge in [-0.3, -0.25) is 9.10 Å². The average Bonchev–Trinajstić information content (AvgIpc) is 3.58. The van der Waals surface area contributed by atoms with Crippen LogP contribution in [0.25, 0.3) is 56.0 Å². The zero-order valence-corrected chi connectivity index (χ0v) is 23.4. The van der Waals surface area contributed by atoms with Gasteiger partial charge in [0.15, 0.2) is 11.4 Å². The van der Waals surface area contributed by atoms with Crippen LogP contribution in [-0.4, -0.2) is 39.7 Å². The lowest BCUT2D eigenvalue weighted by molar-refractivity contribution is 0.0964. The van der Waals surface area contributed by atoms with Crippen molar-refractivity contribution in [2.24, 2.45) is 0 Å². The third kappa shape index (κ3) is 4.67. The minimum Gasteiger partial charge on any atom is -0.455 e. The van der Waals surface area contributed by atoms with Crippen LogP contribution >= 0.6 is 0 Å². The first kappa shape index (κ1) is 27.2. The Balaban J connectivity index is 1.60. The van der Waals surface area contributed by atoms with E-state index in [4.69, 9.17) is 8.83 Å². The fourth-order valence-corrected chi connectivity index (χ4v) is 5.32. The van der Waals surface area contributed by atoms with Crippen LogP contribution in [0.1, 0.15) is 10.4 Å². The van der Waals surface area contributed by atoms with Gasteiger partial charge in [0.2, 0.25) is 15.9 Å². The number of fused-ring (bicyclic) bond motifs is 2. The Kier molecular flexibility index (Phi) is 6.53. The third-order valence-corrected chi connectivity index (χ3v) is 8.18. The van der Waals surface area contributed by atoms with Gasteiger partial charge in [-0.2, -0.15) is 0 Å². The first-order valence-corrected chi connectivity index (χ1v) is 14.6. The summed E-state index contributed by atoms with van der Waals surface area (Å²) in [6, 6.07) is 20.2. The summed E-state index contributed by atoms with van der Waals surface area (Å²) in [7, 11) is -0.828. The standard InChI is InChI=1S/C31H23F2N3O5S/c1-34-30(37)27-22-15-21(18-6-4-7-19(14-18)31-35-24-9-5-8-23(33)29(24)41-31)25(36(2)42(3,38)39)16-26(22)40-28(27)17-10-12-20(32)13-11-17/h4-16H,1-3H3,(H,34,37). The number of oxazole rings is 1. The summed E-state index contributed by atoms with van der Waals surface area (Å²) in [5, 5.41) is 3.04. The molecule has 0 saturated heterocycles. The number of nitrogens with zero attached hydrogens (tertiary/aromatic N) is 2. The van der Waals surface area contributed by atoms with E-state index in [-0.39, 0.29) is 34.1 Å². The van der Waals surface area contributed by atoms with Crippen LogP contribution < -0.4 is 9.62 Å². The Bertz CT molecular complexity index is 2120. The van der Waals surface area contributed by atoms with E-state index < -0.39 is 27.6 Å². The molecular formula is C31H23F2N3O5S. The minimum absolute atomic E-state index is 0.0266. The molecule has 0 radical (unpaired) electrons. The number of hydrogen-bond donors (Lipinski definition) is 1. The number of para-hydroxylation sites is 1. The van der Waals surface area contributed by atoms with E-state index in [1.54, 1.807) is 42.5 Å². The molecular weight excluding hydrogens is 564 g/mol. The highest BCUT2D eigenvalue weighted by Crippen LogP contribution is 2.42. The monoisotopic (exact) mass is 587 g/mol. The molecule has 0 aliphatic carbocycles. The van der Waals surface area contributed by atoms with Gasteiger partial charge in [0.1, 0.15) is 22.7 Å². The van der Waals surface area contributed by atoms with Crippen molar-refractivity contribution >= 4 is 43.7 Å². The number of amides is 1. The molecule has 0 aliphatic heterocycles. The highest BCUT2D eigenvalue weighted by Gasteiger charge is 2.26. The van der Waals surface area contributed by atoms with Gasteiger partial charge in [0, 0.05) is 42.2 Å². The quantitative estimate of drug-likeness (QED) is 0.235. The average molecular weight is 588 g/mol. The van der Waals surface area contributed by atoms with Crippen molar-refractivity contribution in [1.29, 1.82) is 0 Å². The zero-order chi connectivity index (χ0) is 29.8. The molecule has 6 aromatic rings. The van der Waals surface area contributed by atoms with Gasteiger partial charge in [0.05, 0.1) is 17.5 Å². The van der Waals surface area contributed by atoms with Crippen molar-refractivity contribution in [3.05, 3.63) is 96.1 Å². The second kappa shape index (κ2) is 10.1. The predicted molar refractivity (Wildman–Crippen MR) is 157 cm³/mol. The first-order valence-electron chi connectivity index (χ1n) is 12.7. The largest absolute Gasteiger partial charge is 0.455 e. The maximum absolute atomic E-state index is 14.3. The number of anilines is 1. The van der Waals surface area contributed by atoms with E-state index >= 15 is 0 Å². The van der Waals surface area contributed by atoms with Gasteiger partial charge in [-0.05, 0) is 60.2 Å². The molecule has 11 heteroatoms. The number of hydrogen-bond acceptors (Lipinski definition) is 6. The number of sulfonamides is 1. The lowest BCUT2D eigenvalue weighted by atomic mass is 9.97. The summed E-state index contributed by atoms with van der Waals surface area (Å²) in [5.74, 6) is -1.04. The van der Waals surface area contributed by atoms with Gasteiger partial charge < -0.3 is 14.2 Å². The molecule has 42 heavy (non-hydrogen) atoms. The zero-order valence-electron chi connectivity index (χ0n) is 22.6. The second-order valence-electron chi connectivity index (χ2n) is 9.68. The molecule has 6 rings (SSSR count). The van der Waals surface area contributed by atoms with Crippen LogP contribution in [0, 0.1) is 11.6 Å². The summed E-state index contributed by atoms with van der Waals surface area (Å²) >= 11 is 0. The van der Waals surface area contributed by atoms with Crippen molar-refractivity contribution in [1.82, 2.24) is 10.3 Å². The second-order valence-corrected chi connectivity index (χ2v) is 11.7. The van der Waals surface area contributed by atoms with Crippen LogP contribution in [0.3, 0.4) is 0 Å². The van der Waals surface area contributed by atoms with E-state index in [0.29, 0.717) is 33.2 Å². The fraction of sp³-hybridized carbons (Fsp3) is 0.0968. The summed E-state index contributed by atoms with van der Waals surface area (Å²) < 4.78 is 66.3. The van der Waals surface area contributed by atoms with Gasteiger partial charge in [0.25, 0.3) is 5.91 Å². The van der Waals surface area contributed by atoms with Crippen LogP contribution in [0.15, 0.2) is 87.7 Å². The lowest BCUT2D eigenvalue weighted by Crippen LogP contribution is -2.25. The molecule has 0 aliphatic rings. The number of halogens is 2. The summed E-state index contributed by atoms with van der Waals surface area (Å²) in [5.41, 5.74) is 3.18. The van der Waals surface area contributed by atoms with Crippen LogP contribution in [0.5, 0.6) is 0 Å². The SMILES string of the molecule is CNC(=O)c1c(-c2ccc(F)cc2)oc2cc(N(C)S(C)(=O)=O)c(-c3cccc(-c4nc5cccc(F)c5o4)c3)cc12. The molecule has 0 atom stereocenters. The number of carbonyl (C=O) groups excluding carboxylic acids is 1. The Hall–Kier alpha value is -5.03. The topological polar surface area (TPSA) is 106 Å². The number of nitrogens with one attached hydrogen (secondary N) is 1. The Morgan fingerprint density at radius 1 is 0.905 bits per heavy atom. The minimum atomic E-state index is -3.72. The molecule has 0 spiro atoms. The van der Waals surface area contributed by atoms with E-state index in [2.05, 4.69) is 10.3 Å². The number of rotatable bonds is 6. The Morgan fingerprint density at radius 3 is 2.31 bits per heavy atom. The van der Waals surface area contributed by atoms with E-state index in [9.17, 15) is 22.0 Å². The van der Waals surface area contributed by atoms with E-state index in [0.717, 1.165) is 10.6 Å². The summed E-state index contributed by atoms with van der Waals surface area (Å²) in [6.45, 7) is 0. The maximum atomic E-state index is 14.3. The highest BCUT2D eigenvalue weighted by molar-refractivity contribution is 7.92. The molecule has 1 N–H and O–H groups in total. The lowest BCUT2D eigenvalue weighted by Gasteiger charge is -2.21. The van der Waals surface area contributed by atoms with E-state index in [1.807, 2.05) is 0 Å². The highest BCUT2D eigenvalue weighted by atomic mass is 32.2. The maximum Gasteiger partial charge on any atom is 0.255 e. The van der Waals surface area contributed by atoms with Crippen molar-refractivity contribution in [3.63, 3.8) is 0 Å². The first-order chi connectivity index (χ1) is 20.0. The van der Waals surface area contributed by atoms with Gasteiger partial charge in [-0.1, -0.05) is 18.2 Å². The molecule has 0 bridgehead atoms.